The number of anilines is 1. The fourth-order valence-corrected chi connectivity index (χ4v) is 4.47. The van der Waals surface area contributed by atoms with Gasteiger partial charge in [0.05, 0.1) is 10.9 Å². The van der Waals surface area contributed by atoms with Gasteiger partial charge in [0, 0.05) is 37.4 Å². The summed E-state index contributed by atoms with van der Waals surface area (Å²) in [5.41, 5.74) is -1.39. The first-order valence-corrected chi connectivity index (χ1v) is 9.26. The topological polar surface area (TPSA) is 74.6 Å². The van der Waals surface area contributed by atoms with E-state index in [9.17, 15) is 19.1 Å². The van der Waals surface area contributed by atoms with E-state index in [1.54, 1.807) is 4.90 Å². The normalized spacial score (nSPS) is 24.6. The molecule has 2 bridgehead atoms. The molecule has 142 valence electrons. The monoisotopic (exact) mass is 375 g/mol. The van der Waals surface area contributed by atoms with Crippen LogP contribution in [0.1, 0.15) is 42.1 Å². The van der Waals surface area contributed by atoms with Crippen molar-refractivity contribution in [1.82, 2.24) is 9.88 Å². The van der Waals surface area contributed by atoms with Crippen molar-refractivity contribution in [2.24, 2.45) is 0 Å². The Kier molecular flexibility index (Phi) is 3.56. The highest BCUT2D eigenvalue weighted by Gasteiger charge is 2.37. The number of carbonyl (C=O) groups is 1. The third-order valence-electron chi connectivity index (χ3n) is 5.99. The quantitative estimate of drug-likeness (QED) is 0.861. The van der Waals surface area contributed by atoms with Crippen LogP contribution < -0.4 is 15.6 Å². The van der Waals surface area contributed by atoms with Gasteiger partial charge in [-0.3, -0.25) is 4.79 Å². The number of aromatic carboxylic acids is 1. The van der Waals surface area contributed by atoms with Crippen molar-refractivity contribution >= 4 is 22.6 Å². The van der Waals surface area contributed by atoms with Crippen LogP contribution in [0.15, 0.2) is 17.1 Å². The van der Waals surface area contributed by atoms with Gasteiger partial charge in [-0.2, -0.15) is 0 Å². The molecule has 8 heteroatoms. The molecule has 6 rings (SSSR count). The Bertz CT molecular complexity index is 1020. The molecule has 1 aromatic carbocycles. The molecule has 4 aliphatic rings. The van der Waals surface area contributed by atoms with Crippen LogP contribution in [-0.4, -0.2) is 40.8 Å². The summed E-state index contributed by atoms with van der Waals surface area (Å²) in [6.07, 6.45) is 4.61. The summed E-state index contributed by atoms with van der Waals surface area (Å²) < 4.78 is 32.1. The number of nitrogens with zero attached hydrogens (tertiary/aromatic N) is 2. The molecule has 2 atom stereocenters. The molecule has 3 saturated heterocycles. The van der Waals surface area contributed by atoms with Crippen molar-refractivity contribution in [3.05, 3.63) is 39.7 Å². The van der Waals surface area contributed by atoms with Crippen molar-refractivity contribution in [1.29, 1.82) is 0 Å². The number of hydrogen-bond acceptors (Lipinski definition) is 4. The molecule has 0 radical (unpaired) electrons. The SMILES string of the molecule is O=C(O)c1cn(C2CC2)c2c(F)c(N3CC4CCC3CN4)c(F)cc2c1=O. The van der Waals surface area contributed by atoms with Gasteiger partial charge in [-0.25, -0.2) is 13.6 Å². The molecule has 0 amide bonds. The minimum atomic E-state index is -1.39. The minimum absolute atomic E-state index is 0.0100. The zero-order chi connectivity index (χ0) is 18.9. The third kappa shape index (κ3) is 2.46. The Labute approximate surface area is 153 Å². The lowest BCUT2D eigenvalue weighted by Gasteiger charge is -2.47. The van der Waals surface area contributed by atoms with Crippen molar-refractivity contribution < 1.29 is 18.7 Å². The Morgan fingerprint density at radius 3 is 2.48 bits per heavy atom. The Morgan fingerprint density at radius 2 is 1.93 bits per heavy atom. The molecule has 4 heterocycles. The summed E-state index contributed by atoms with van der Waals surface area (Å²) in [6.45, 7) is 1.19. The van der Waals surface area contributed by atoms with Crippen molar-refractivity contribution in [2.75, 3.05) is 18.0 Å². The maximum atomic E-state index is 15.6. The van der Waals surface area contributed by atoms with E-state index in [-0.39, 0.29) is 34.7 Å². The van der Waals surface area contributed by atoms with E-state index in [1.165, 1.54) is 10.8 Å². The third-order valence-corrected chi connectivity index (χ3v) is 5.99. The Hall–Kier alpha value is -2.48. The largest absolute Gasteiger partial charge is 0.477 e. The molecule has 1 aromatic heterocycles. The van der Waals surface area contributed by atoms with Gasteiger partial charge < -0.3 is 19.9 Å². The molecule has 6 nitrogen and oxygen atoms in total. The van der Waals surface area contributed by atoms with Gasteiger partial charge in [-0.05, 0) is 31.7 Å². The number of piperazine rings is 1. The number of fused-ring (bicyclic) bond motifs is 4. The number of halogens is 2. The molecule has 2 aromatic rings. The number of piperidine rings is 2. The van der Waals surface area contributed by atoms with E-state index < -0.39 is 28.6 Å². The van der Waals surface area contributed by atoms with Crippen LogP contribution in [0.4, 0.5) is 14.5 Å². The number of benzene rings is 1. The molecule has 4 fully saturated rings. The van der Waals surface area contributed by atoms with Gasteiger partial charge in [0.15, 0.2) is 5.82 Å². The molecule has 27 heavy (non-hydrogen) atoms. The van der Waals surface area contributed by atoms with Crippen LogP contribution >= 0.6 is 0 Å². The average Bonchev–Trinajstić information content (AvgIpc) is 3.48. The highest BCUT2D eigenvalue weighted by Crippen LogP contribution is 2.40. The lowest BCUT2D eigenvalue weighted by Crippen LogP contribution is -2.61. The van der Waals surface area contributed by atoms with E-state index in [0.717, 1.165) is 31.7 Å². The fraction of sp³-hybridized carbons (Fsp3) is 0.474. The Balaban J connectivity index is 1.77. The highest BCUT2D eigenvalue weighted by molar-refractivity contribution is 5.94. The maximum absolute atomic E-state index is 15.6. The van der Waals surface area contributed by atoms with E-state index in [2.05, 4.69) is 5.32 Å². The Morgan fingerprint density at radius 1 is 1.19 bits per heavy atom. The average molecular weight is 375 g/mol. The summed E-state index contributed by atoms with van der Waals surface area (Å²) in [6, 6.07) is 1.16. The first-order chi connectivity index (χ1) is 13.0. The highest BCUT2D eigenvalue weighted by atomic mass is 19.1. The lowest BCUT2D eigenvalue weighted by atomic mass is 9.92. The van der Waals surface area contributed by atoms with E-state index >= 15 is 4.39 Å². The maximum Gasteiger partial charge on any atom is 0.341 e. The zero-order valence-electron chi connectivity index (χ0n) is 14.5. The van der Waals surface area contributed by atoms with Crippen LogP contribution in [0.2, 0.25) is 0 Å². The number of carboxylic acid groups (broad SMARTS) is 1. The van der Waals surface area contributed by atoms with Crippen LogP contribution in [0.3, 0.4) is 0 Å². The van der Waals surface area contributed by atoms with Crippen LogP contribution in [0.5, 0.6) is 0 Å². The van der Waals surface area contributed by atoms with Gasteiger partial charge in [0.25, 0.3) is 0 Å². The summed E-state index contributed by atoms with van der Waals surface area (Å²) >= 11 is 0. The zero-order valence-corrected chi connectivity index (χ0v) is 14.5. The summed E-state index contributed by atoms with van der Waals surface area (Å²) in [4.78, 5) is 25.7. The standard InChI is InChI=1S/C19H19F2N3O3/c20-14-5-12-16(24(10-3-4-10)8-13(18(12)25)19(26)27)15(21)17(14)23-7-9-1-2-11(23)6-22-9/h5,8-11,22H,1-4,6-7H2,(H,26,27). The van der Waals surface area contributed by atoms with Gasteiger partial charge in [0.1, 0.15) is 17.1 Å². The number of rotatable bonds is 3. The predicted octanol–water partition coefficient (Wildman–Crippen LogP) is 2.25. The van der Waals surface area contributed by atoms with Crippen molar-refractivity contribution in [2.45, 2.75) is 43.8 Å². The summed E-state index contributed by atoms with van der Waals surface area (Å²) in [5.74, 6) is -2.96. The molecule has 2 N–H and O–H groups in total. The van der Waals surface area contributed by atoms with Gasteiger partial charge >= 0.3 is 5.97 Å². The van der Waals surface area contributed by atoms with E-state index in [4.69, 9.17) is 0 Å². The van der Waals surface area contributed by atoms with Gasteiger partial charge in [-0.15, -0.1) is 0 Å². The molecule has 2 unspecified atom stereocenters. The van der Waals surface area contributed by atoms with E-state index in [0.29, 0.717) is 13.1 Å². The number of pyridine rings is 1. The van der Waals surface area contributed by atoms with Gasteiger partial charge in [-0.1, -0.05) is 0 Å². The first kappa shape index (κ1) is 16.7. The smallest absolute Gasteiger partial charge is 0.341 e. The van der Waals surface area contributed by atoms with Crippen molar-refractivity contribution in [3.8, 4) is 0 Å². The van der Waals surface area contributed by atoms with Crippen LogP contribution in [-0.2, 0) is 0 Å². The number of aromatic nitrogens is 1. The summed E-state index contributed by atoms with van der Waals surface area (Å²) in [5, 5.41) is 12.5. The molecular formula is C19H19F2N3O3. The molecule has 1 aliphatic carbocycles. The minimum Gasteiger partial charge on any atom is -0.477 e. The second-order valence-corrected chi connectivity index (χ2v) is 7.72. The second kappa shape index (κ2) is 5.76. The molecule has 3 aliphatic heterocycles. The number of carboxylic acids is 1. The van der Waals surface area contributed by atoms with Crippen LogP contribution in [0.25, 0.3) is 10.9 Å². The van der Waals surface area contributed by atoms with Crippen LogP contribution in [0, 0.1) is 11.6 Å². The van der Waals surface area contributed by atoms with Gasteiger partial charge in [0.2, 0.25) is 5.43 Å². The molecule has 0 spiro atoms. The van der Waals surface area contributed by atoms with E-state index in [1.807, 2.05) is 0 Å². The summed E-state index contributed by atoms with van der Waals surface area (Å²) in [7, 11) is 0. The number of nitrogens with one attached hydrogen (secondary N) is 1. The fourth-order valence-electron chi connectivity index (χ4n) is 4.47. The number of hydrogen-bond donors (Lipinski definition) is 2. The second-order valence-electron chi connectivity index (χ2n) is 7.72. The lowest BCUT2D eigenvalue weighted by molar-refractivity contribution is 0.0695. The molecular weight excluding hydrogens is 356 g/mol. The first-order valence-electron chi connectivity index (χ1n) is 9.26. The molecule has 1 saturated carbocycles. The van der Waals surface area contributed by atoms with Crippen molar-refractivity contribution in [3.63, 3.8) is 0 Å². The predicted molar refractivity (Wildman–Crippen MR) is 95.5 cm³/mol.